The molecule has 13 heavy (non-hydrogen) atoms. The third-order valence-electron chi connectivity index (χ3n) is 2.67. The number of rotatable bonds is 2. The molecule has 0 aliphatic heterocycles. The average Bonchev–Trinajstić information content (AvgIpc) is 2.51. The van der Waals surface area contributed by atoms with Crippen LogP contribution in [-0.2, 0) is 0 Å². The first-order valence-electron chi connectivity index (χ1n) is 4.54. The Morgan fingerprint density at radius 3 is 2.92 bits per heavy atom. The number of aromatic nitrogens is 2. The fourth-order valence-electron chi connectivity index (χ4n) is 1.50. The maximum atomic E-state index is 11.7. The normalized spacial score (nSPS) is 16.7. The highest BCUT2D eigenvalue weighted by Crippen LogP contribution is 2.24. The van der Waals surface area contributed by atoms with Gasteiger partial charge in [-0.1, -0.05) is 0 Å². The summed E-state index contributed by atoms with van der Waals surface area (Å²) >= 11 is 0. The Morgan fingerprint density at radius 2 is 2.46 bits per heavy atom. The van der Waals surface area contributed by atoms with Crippen molar-refractivity contribution in [2.24, 2.45) is 0 Å². The summed E-state index contributed by atoms with van der Waals surface area (Å²) in [5.41, 5.74) is 0.578. The SMILES string of the molecule is CN(C(=O)c1cnc[nH]1)C1CCC1. The van der Waals surface area contributed by atoms with Gasteiger partial charge in [0.15, 0.2) is 0 Å². The molecule has 1 heterocycles. The summed E-state index contributed by atoms with van der Waals surface area (Å²) in [6.45, 7) is 0. The van der Waals surface area contributed by atoms with Crippen LogP contribution in [0.4, 0.5) is 0 Å². The average molecular weight is 179 g/mol. The van der Waals surface area contributed by atoms with E-state index in [1.165, 1.54) is 12.7 Å². The number of carbonyl (C=O) groups is 1. The molecule has 0 radical (unpaired) electrons. The van der Waals surface area contributed by atoms with Crippen molar-refractivity contribution < 1.29 is 4.79 Å². The van der Waals surface area contributed by atoms with Crippen molar-refractivity contribution in [1.82, 2.24) is 14.9 Å². The van der Waals surface area contributed by atoms with E-state index in [0.29, 0.717) is 11.7 Å². The molecular formula is C9H13N3O. The van der Waals surface area contributed by atoms with Gasteiger partial charge in [-0.05, 0) is 19.3 Å². The Bertz CT molecular complexity index is 290. The smallest absolute Gasteiger partial charge is 0.271 e. The van der Waals surface area contributed by atoms with E-state index < -0.39 is 0 Å². The first kappa shape index (κ1) is 8.29. The van der Waals surface area contributed by atoms with E-state index >= 15 is 0 Å². The number of carbonyl (C=O) groups excluding carboxylic acids is 1. The summed E-state index contributed by atoms with van der Waals surface area (Å²) in [7, 11) is 1.85. The number of imidazole rings is 1. The third kappa shape index (κ3) is 1.43. The topological polar surface area (TPSA) is 49.0 Å². The molecule has 70 valence electrons. The monoisotopic (exact) mass is 179 g/mol. The zero-order valence-corrected chi connectivity index (χ0v) is 7.66. The van der Waals surface area contributed by atoms with Gasteiger partial charge in [-0.2, -0.15) is 0 Å². The maximum Gasteiger partial charge on any atom is 0.271 e. The molecule has 4 heteroatoms. The van der Waals surface area contributed by atoms with Crippen LogP contribution in [0, 0.1) is 0 Å². The van der Waals surface area contributed by atoms with Crippen molar-refractivity contribution in [3.05, 3.63) is 18.2 Å². The number of hydrogen-bond acceptors (Lipinski definition) is 2. The molecule has 1 amide bonds. The molecule has 1 N–H and O–H groups in total. The van der Waals surface area contributed by atoms with Gasteiger partial charge in [-0.3, -0.25) is 4.79 Å². The molecule has 1 saturated carbocycles. The summed E-state index contributed by atoms with van der Waals surface area (Å²) in [4.78, 5) is 20.1. The van der Waals surface area contributed by atoms with Crippen molar-refractivity contribution in [2.45, 2.75) is 25.3 Å². The quantitative estimate of drug-likeness (QED) is 0.737. The molecule has 1 aliphatic carbocycles. The molecule has 0 spiro atoms. The predicted octanol–water partition coefficient (Wildman–Crippen LogP) is 1.03. The number of hydrogen-bond donors (Lipinski definition) is 1. The van der Waals surface area contributed by atoms with E-state index in [4.69, 9.17) is 0 Å². The lowest BCUT2D eigenvalue weighted by molar-refractivity contribution is 0.0646. The summed E-state index contributed by atoms with van der Waals surface area (Å²) in [6, 6.07) is 0.441. The number of amides is 1. The van der Waals surface area contributed by atoms with Crippen LogP contribution < -0.4 is 0 Å². The van der Waals surface area contributed by atoms with Crippen molar-refractivity contribution in [3.8, 4) is 0 Å². The zero-order valence-electron chi connectivity index (χ0n) is 7.66. The molecule has 0 bridgehead atoms. The Morgan fingerprint density at radius 1 is 1.69 bits per heavy atom. The second-order valence-corrected chi connectivity index (χ2v) is 3.47. The number of H-pyrrole nitrogens is 1. The predicted molar refractivity (Wildman–Crippen MR) is 48.3 cm³/mol. The van der Waals surface area contributed by atoms with Crippen LogP contribution in [0.2, 0.25) is 0 Å². The van der Waals surface area contributed by atoms with Crippen LogP contribution in [0.3, 0.4) is 0 Å². The van der Waals surface area contributed by atoms with Gasteiger partial charge in [0.1, 0.15) is 5.69 Å². The Labute approximate surface area is 77.0 Å². The van der Waals surface area contributed by atoms with Gasteiger partial charge in [-0.15, -0.1) is 0 Å². The lowest BCUT2D eigenvalue weighted by Gasteiger charge is -2.34. The lowest BCUT2D eigenvalue weighted by atomic mass is 9.92. The van der Waals surface area contributed by atoms with Gasteiger partial charge in [0.2, 0.25) is 0 Å². The van der Waals surface area contributed by atoms with E-state index in [9.17, 15) is 4.79 Å². The number of nitrogens with zero attached hydrogens (tertiary/aromatic N) is 2. The van der Waals surface area contributed by atoms with E-state index in [0.717, 1.165) is 12.8 Å². The van der Waals surface area contributed by atoms with Crippen molar-refractivity contribution >= 4 is 5.91 Å². The summed E-state index contributed by atoms with van der Waals surface area (Å²) in [5, 5.41) is 0. The summed E-state index contributed by atoms with van der Waals surface area (Å²) in [6.07, 6.45) is 6.61. The lowest BCUT2D eigenvalue weighted by Crippen LogP contribution is -2.41. The van der Waals surface area contributed by atoms with E-state index in [2.05, 4.69) is 9.97 Å². The highest BCUT2D eigenvalue weighted by Gasteiger charge is 2.26. The first-order chi connectivity index (χ1) is 6.29. The molecule has 0 unspecified atom stereocenters. The molecule has 0 atom stereocenters. The molecule has 1 aliphatic rings. The highest BCUT2D eigenvalue weighted by molar-refractivity contribution is 5.92. The van der Waals surface area contributed by atoms with Gasteiger partial charge < -0.3 is 9.88 Å². The van der Waals surface area contributed by atoms with Crippen LogP contribution in [0.15, 0.2) is 12.5 Å². The second-order valence-electron chi connectivity index (χ2n) is 3.47. The third-order valence-corrected chi connectivity index (χ3v) is 2.67. The van der Waals surface area contributed by atoms with Crippen molar-refractivity contribution in [3.63, 3.8) is 0 Å². The molecule has 1 fully saturated rings. The Balaban J connectivity index is 2.04. The van der Waals surface area contributed by atoms with E-state index in [-0.39, 0.29) is 5.91 Å². The highest BCUT2D eigenvalue weighted by atomic mass is 16.2. The second kappa shape index (κ2) is 3.20. The largest absolute Gasteiger partial charge is 0.341 e. The fourth-order valence-corrected chi connectivity index (χ4v) is 1.50. The van der Waals surface area contributed by atoms with E-state index in [1.54, 1.807) is 11.1 Å². The van der Waals surface area contributed by atoms with Crippen molar-refractivity contribution in [2.75, 3.05) is 7.05 Å². The maximum absolute atomic E-state index is 11.7. The molecule has 0 saturated heterocycles. The number of aromatic amines is 1. The molecular weight excluding hydrogens is 166 g/mol. The van der Waals surface area contributed by atoms with Gasteiger partial charge >= 0.3 is 0 Å². The van der Waals surface area contributed by atoms with Gasteiger partial charge in [-0.25, -0.2) is 4.98 Å². The van der Waals surface area contributed by atoms with Crippen LogP contribution in [-0.4, -0.2) is 33.9 Å². The van der Waals surface area contributed by atoms with Crippen LogP contribution in [0.1, 0.15) is 29.8 Å². The van der Waals surface area contributed by atoms with Gasteiger partial charge in [0.25, 0.3) is 5.91 Å². The molecule has 1 aromatic heterocycles. The molecule has 1 aromatic rings. The minimum atomic E-state index is 0.0437. The fraction of sp³-hybridized carbons (Fsp3) is 0.556. The molecule has 4 nitrogen and oxygen atoms in total. The van der Waals surface area contributed by atoms with Crippen LogP contribution >= 0.6 is 0 Å². The molecule has 2 rings (SSSR count). The summed E-state index contributed by atoms with van der Waals surface area (Å²) in [5.74, 6) is 0.0437. The minimum Gasteiger partial charge on any atom is -0.341 e. The zero-order chi connectivity index (χ0) is 9.26. The van der Waals surface area contributed by atoms with Crippen LogP contribution in [0.5, 0.6) is 0 Å². The Hall–Kier alpha value is -1.32. The standard InChI is InChI=1S/C9H13N3O/c1-12(7-3-2-4-7)9(13)8-5-10-6-11-8/h5-7H,2-4H2,1H3,(H,10,11). The minimum absolute atomic E-state index is 0.0437. The van der Waals surface area contributed by atoms with Crippen molar-refractivity contribution in [1.29, 1.82) is 0 Å². The first-order valence-corrected chi connectivity index (χ1v) is 4.54. The van der Waals surface area contributed by atoms with Gasteiger partial charge in [0.05, 0.1) is 12.5 Å². The number of nitrogens with one attached hydrogen (secondary N) is 1. The Kier molecular flexibility index (Phi) is 2.04. The molecule has 0 aromatic carbocycles. The van der Waals surface area contributed by atoms with E-state index in [1.807, 2.05) is 7.05 Å². The van der Waals surface area contributed by atoms with Crippen LogP contribution in [0.25, 0.3) is 0 Å². The van der Waals surface area contributed by atoms with Gasteiger partial charge in [0, 0.05) is 13.1 Å². The summed E-state index contributed by atoms with van der Waals surface area (Å²) < 4.78 is 0.